The molecule has 0 bridgehead atoms. The Morgan fingerprint density at radius 3 is 2.90 bits per heavy atom. The first-order valence-electron chi connectivity index (χ1n) is 6.21. The number of carbonyl (C=O) groups excluding carboxylic acids is 1. The van der Waals surface area contributed by atoms with Gasteiger partial charge in [-0.1, -0.05) is 6.92 Å². The quantitative estimate of drug-likeness (QED) is 0.774. The van der Waals surface area contributed by atoms with E-state index in [4.69, 9.17) is 0 Å². The summed E-state index contributed by atoms with van der Waals surface area (Å²) in [6, 6.07) is 4.28. The lowest BCUT2D eigenvalue weighted by Crippen LogP contribution is -2.10. The molecule has 0 saturated carbocycles. The predicted octanol–water partition coefficient (Wildman–Crippen LogP) is 1.94. The topological polar surface area (TPSA) is 72.2 Å². The van der Waals surface area contributed by atoms with Crippen LogP contribution >= 0.6 is 0 Å². The van der Waals surface area contributed by atoms with Gasteiger partial charge in [0.2, 0.25) is 11.6 Å². The van der Waals surface area contributed by atoms with Crippen LogP contribution in [0.25, 0.3) is 16.7 Å². The van der Waals surface area contributed by atoms with Gasteiger partial charge in [0.15, 0.2) is 5.82 Å². The second kappa shape index (κ2) is 4.52. The van der Waals surface area contributed by atoms with Crippen molar-refractivity contribution in [2.75, 3.05) is 5.32 Å². The number of aromatic nitrogens is 4. The smallest absolute Gasteiger partial charge is 0.222 e. The van der Waals surface area contributed by atoms with Crippen molar-refractivity contribution >= 4 is 28.4 Å². The lowest BCUT2D eigenvalue weighted by Gasteiger charge is -2.08. The van der Waals surface area contributed by atoms with Crippen LogP contribution in [0.15, 0.2) is 18.2 Å². The zero-order valence-corrected chi connectivity index (χ0v) is 11.0. The third-order valence-corrected chi connectivity index (χ3v) is 2.96. The second-order valence-corrected chi connectivity index (χ2v) is 4.40. The average Bonchev–Trinajstić information content (AvgIpc) is 2.83. The van der Waals surface area contributed by atoms with Gasteiger partial charge in [0.1, 0.15) is 11.6 Å². The average molecular weight is 273 g/mol. The Bertz CT molecular complexity index is 826. The van der Waals surface area contributed by atoms with Crippen LogP contribution in [0, 0.1) is 5.82 Å². The van der Waals surface area contributed by atoms with Crippen LogP contribution in [-0.2, 0) is 11.2 Å². The van der Waals surface area contributed by atoms with Gasteiger partial charge >= 0.3 is 0 Å². The number of anilines is 1. The van der Waals surface area contributed by atoms with Crippen LogP contribution in [0.1, 0.15) is 19.7 Å². The first-order valence-corrected chi connectivity index (χ1v) is 6.21. The molecule has 0 aliphatic heterocycles. The Morgan fingerprint density at radius 2 is 2.20 bits per heavy atom. The summed E-state index contributed by atoms with van der Waals surface area (Å²) in [6.07, 6.45) is 0.635. The van der Waals surface area contributed by atoms with E-state index in [1.54, 1.807) is 10.5 Å². The van der Waals surface area contributed by atoms with Crippen molar-refractivity contribution in [3.05, 3.63) is 29.8 Å². The summed E-state index contributed by atoms with van der Waals surface area (Å²) < 4.78 is 15.2. The molecule has 1 amide bonds. The molecule has 1 N–H and O–H groups in total. The van der Waals surface area contributed by atoms with Crippen molar-refractivity contribution in [3.63, 3.8) is 0 Å². The molecule has 3 rings (SSSR count). The SMILES string of the molecule is CCc1nnc2c(NC(C)=O)nc3ccc(F)cc3n12. The zero-order chi connectivity index (χ0) is 14.3. The normalized spacial score (nSPS) is 11.2. The Labute approximate surface area is 113 Å². The molecule has 0 aliphatic carbocycles. The van der Waals surface area contributed by atoms with Gasteiger partial charge in [-0.2, -0.15) is 0 Å². The maximum atomic E-state index is 13.5. The highest BCUT2D eigenvalue weighted by molar-refractivity contribution is 5.93. The molecule has 0 saturated heterocycles. The lowest BCUT2D eigenvalue weighted by molar-refractivity contribution is -0.114. The first-order chi connectivity index (χ1) is 9.60. The van der Waals surface area contributed by atoms with E-state index in [2.05, 4.69) is 20.5 Å². The van der Waals surface area contributed by atoms with Crippen LogP contribution in [0.5, 0.6) is 0 Å². The summed E-state index contributed by atoms with van der Waals surface area (Å²) in [7, 11) is 0. The number of halogens is 1. The Balaban J connectivity index is 2.43. The van der Waals surface area contributed by atoms with E-state index in [-0.39, 0.29) is 11.7 Å². The Morgan fingerprint density at radius 1 is 1.40 bits per heavy atom. The van der Waals surface area contributed by atoms with E-state index >= 15 is 0 Å². The van der Waals surface area contributed by atoms with Crippen LogP contribution in [0.4, 0.5) is 10.2 Å². The summed E-state index contributed by atoms with van der Waals surface area (Å²) in [5.41, 5.74) is 1.56. The minimum Gasteiger partial charge on any atom is -0.308 e. The third-order valence-electron chi connectivity index (χ3n) is 2.96. The number of nitrogens with one attached hydrogen (secondary N) is 1. The van der Waals surface area contributed by atoms with Crippen LogP contribution < -0.4 is 5.32 Å². The Kier molecular flexibility index (Phi) is 2.81. The predicted molar refractivity (Wildman–Crippen MR) is 71.9 cm³/mol. The molecule has 0 unspecified atom stereocenters. The number of benzene rings is 1. The molecule has 102 valence electrons. The van der Waals surface area contributed by atoms with Crippen LogP contribution in [0.3, 0.4) is 0 Å². The molecule has 0 fully saturated rings. The number of hydrogen-bond acceptors (Lipinski definition) is 4. The van der Waals surface area contributed by atoms with Crippen molar-refractivity contribution in [2.24, 2.45) is 0 Å². The maximum Gasteiger partial charge on any atom is 0.222 e. The van der Waals surface area contributed by atoms with Crippen molar-refractivity contribution in [2.45, 2.75) is 20.3 Å². The number of hydrogen-bond donors (Lipinski definition) is 1. The number of aryl methyl sites for hydroxylation is 1. The highest BCUT2D eigenvalue weighted by atomic mass is 19.1. The zero-order valence-electron chi connectivity index (χ0n) is 11.0. The molecule has 7 heteroatoms. The molecule has 0 radical (unpaired) electrons. The van der Waals surface area contributed by atoms with Crippen molar-refractivity contribution in [3.8, 4) is 0 Å². The molecular formula is C13H12FN5O. The number of rotatable bonds is 2. The molecule has 0 spiro atoms. The summed E-state index contributed by atoms with van der Waals surface area (Å²) in [4.78, 5) is 15.6. The van der Waals surface area contributed by atoms with Gasteiger partial charge in [-0.15, -0.1) is 10.2 Å². The standard InChI is InChI=1S/C13H12FN5O/c1-3-11-17-18-13-12(15-7(2)20)16-9-5-4-8(14)6-10(9)19(11)13/h4-6H,3H2,1-2H3,(H,15,16,20). The molecule has 3 aromatic rings. The maximum absolute atomic E-state index is 13.5. The molecule has 1 aromatic carbocycles. The second-order valence-electron chi connectivity index (χ2n) is 4.40. The molecule has 2 heterocycles. The first kappa shape index (κ1) is 12.5. The number of nitrogens with zero attached hydrogens (tertiary/aromatic N) is 4. The van der Waals surface area contributed by atoms with E-state index in [1.807, 2.05) is 6.92 Å². The molecule has 2 aromatic heterocycles. The molecule has 0 aliphatic rings. The van der Waals surface area contributed by atoms with Gasteiger partial charge in [-0.3, -0.25) is 9.20 Å². The van der Waals surface area contributed by atoms with Crippen molar-refractivity contribution in [1.82, 2.24) is 19.6 Å². The highest BCUT2D eigenvalue weighted by Crippen LogP contribution is 2.22. The fraction of sp³-hybridized carbons (Fsp3) is 0.231. The third kappa shape index (κ3) is 1.87. The number of carbonyl (C=O) groups is 1. The number of fused-ring (bicyclic) bond motifs is 3. The fourth-order valence-corrected chi connectivity index (χ4v) is 2.14. The van der Waals surface area contributed by atoms with Gasteiger partial charge in [0, 0.05) is 19.4 Å². The van der Waals surface area contributed by atoms with E-state index in [9.17, 15) is 9.18 Å². The van der Waals surface area contributed by atoms with E-state index in [0.29, 0.717) is 34.7 Å². The Hall–Kier alpha value is -2.57. The monoisotopic (exact) mass is 273 g/mol. The van der Waals surface area contributed by atoms with E-state index in [1.165, 1.54) is 19.1 Å². The molecule has 6 nitrogen and oxygen atoms in total. The van der Waals surface area contributed by atoms with Gasteiger partial charge in [-0.05, 0) is 12.1 Å². The minimum absolute atomic E-state index is 0.248. The minimum atomic E-state index is -0.358. The van der Waals surface area contributed by atoms with Gasteiger partial charge in [-0.25, -0.2) is 9.37 Å². The van der Waals surface area contributed by atoms with E-state index < -0.39 is 0 Å². The van der Waals surface area contributed by atoms with E-state index in [0.717, 1.165) is 0 Å². The molecule has 0 atom stereocenters. The molecule has 20 heavy (non-hydrogen) atoms. The summed E-state index contributed by atoms with van der Waals surface area (Å²) in [6.45, 7) is 3.32. The number of amides is 1. The van der Waals surface area contributed by atoms with Gasteiger partial charge in [0.05, 0.1) is 11.0 Å². The van der Waals surface area contributed by atoms with Crippen LogP contribution in [-0.4, -0.2) is 25.5 Å². The van der Waals surface area contributed by atoms with Crippen molar-refractivity contribution < 1.29 is 9.18 Å². The summed E-state index contributed by atoms with van der Waals surface area (Å²) >= 11 is 0. The fourth-order valence-electron chi connectivity index (χ4n) is 2.14. The highest BCUT2D eigenvalue weighted by Gasteiger charge is 2.15. The summed E-state index contributed by atoms with van der Waals surface area (Å²) in [5.74, 6) is 0.402. The summed E-state index contributed by atoms with van der Waals surface area (Å²) in [5, 5.41) is 10.7. The largest absolute Gasteiger partial charge is 0.308 e. The van der Waals surface area contributed by atoms with Gasteiger partial charge < -0.3 is 5.32 Å². The lowest BCUT2D eigenvalue weighted by atomic mass is 10.2. The van der Waals surface area contributed by atoms with Gasteiger partial charge in [0.25, 0.3) is 0 Å². The molecular weight excluding hydrogens is 261 g/mol. The van der Waals surface area contributed by atoms with Crippen molar-refractivity contribution in [1.29, 1.82) is 0 Å². The van der Waals surface area contributed by atoms with Crippen LogP contribution in [0.2, 0.25) is 0 Å².